The van der Waals surface area contributed by atoms with Gasteiger partial charge in [0.25, 0.3) is 0 Å². The average Bonchev–Trinajstić information content (AvgIpc) is 1.57. The molecule has 0 unspecified atom stereocenters. The molecule has 4 N–H and O–H groups in total. The minimum atomic E-state index is -1.01. The lowest BCUT2D eigenvalue weighted by atomic mass is 9.80. The first-order valence-electron chi connectivity index (χ1n) is 38.8. The Morgan fingerprint density at radius 3 is 1.17 bits per heavy atom. The number of aromatic nitrogens is 8. The fraction of sp³-hybridized carbons (Fsp3) is 0.457. The van der Waals surface area contributed by atoms with E-state index in [-0.39, 0.29) is 60.2 Å². The van der Waals surface area contributed by atoms with Gasteiger partial charge in [-0.15, -0.1) is 0 Å². The van der Waals surface area contributed by atoms with Crippen molar-refractivity contribution in [2.24, 2.45) is 11.8 Å². The third-order valence-electron chi connectivity index (χ3n) is 19.3. The van der Waals surface area contributed by atoms with E-state index in [0.29, 0.717) is 60.9 Å². The summed E-state index contributed by atoms with van der Waals surface area (Å²) in [5, 5.41) is 36.6. The highest BCUT2D eigenvalue weighted by Gasteiger charge is 2.50. The van der Waals surface area contributed by atoms with Crippen molar-refractivity contribution in [3.8, 4) is 5.75 Å². The standard InChI is InChI=1S/C26H31N3O2.C22H32N4O2.C22H28N2O3.C22H30N2O2/c1-25(2,3)20-13-21(26(4,5)6)15-22(14-20)29(17-18-9-11-27-12-10-18)23-8-7-19(16-28-23)24(30)31;1-14(2)13-26(18-10-9-15(12-23-18)19(27)28)20-24-16(21(3,4)5)11-17(25-20)22(6,7)8;1-13(2)12-27-19-9-18(15(5)8-17(19)14(3)4)22(6-7-22)21-23-10-16(11-24-21)20(25)26;1-8-24(19-10-9-15(14-23-19)20(25)26)18-12-16(21(2,3)4)11-17(13-18)22(5,6)7/h7-16H,17H2,1-6H3,(H,30,31);9-12,14H,13H2,1-8H3,(H,27,28);8-11,13-14H,6-7,12H2,1-5H3,(H,25,26);9-14H,8H2,1-7H3,(H,25,26). The van der Waals surface area contributed by atoms with Gasteiger partial charge in [0.05, 0.1) is 45.7 Å². The Balaban J connectivity index is 0.000000208. The zero-order valence-corrected chi connectivity index (χ0v) is 71.1. The summed E-state index contributed by atoms with van der Waals surface area (Å²) in [5.74, 6) is 1.57. The quantitative estimate of drug-likeness (QED) is 0.0520. The van der Waals surface area contributed by atoms with Crippen LogP contribution in [0.5, 0.6) is 5.75 Å². The number of hydrogen-bond acceptors (Lipinski definition) is 16. The minimum absolute atomic E-state index is 0.0149. The first-order chi connectivity index (χ1) is 51.9. The first-order valence-corrected chi connectivity index (χ1v) is 38.8. The topological polar surface area (TPSA) is 271 Å². The molecular weight excluding hydrogens is 1400 g/mol. The molecule has 1 aliphatic carbocycles. The SMILES string of the molecule is CC(C)(C)c1cc(N(Cc2ccncc2)c2ccc(C(=O)O)cn2)cc(C(C)(C)C)c1.CC(C)CN(c1ccc(C(=O)O)cn1)c1nc(C(C)(C)C)cc(C(C)(C)C)n1.CCN(c1cc(C(C)(C)C)cc(C(C)(C)C)c1)c1ccc(C(=O)O)cn1.Cc1cc(C(C)C)c(OCC(C)C)cc1C1(c2ncc(C(=O)O)cn2)CC1. The Bertz CT molecular complexity index is 4590. The van der Waals surface area contributed by atoms with Crippen LogP contribution in [-0.4, -0.2) is 104 Å². The van der Waals surface area contributed by atoms with Crippen LogP contribution in [0.4, 0.5) is 34.8 Å². The number of rotatable bonds is 21. The predicted octanol–water partition coefficient (Wildman–Crippen LogP) is 21.3. The van der Waals surface area contributed by atoms with Gasteiger partial charge in [0, 0.05) is 85.2 Å². The number of ether oxygens (including phenoxy) is 1. The molecule has 6 heterocycles. The van der Waals surface area contributed by atoms with Crippen LogP contribution in [0.25, 0.3) is 0 Å². The minimum Gasteiger partial charge on any atom is -0.493 e. The Labute approximate surface area is 665 Å². The van der Waals surface area contributed by atoms with Crippen LogP contribution in [-0.2, 0) is 44.4 Å². The van der Waals surface area contributed by atoms with Crippen LogP contribution in [0.2, 0.25) is 0 Å². The molecule has 0 spiro atoms. The van der Waals surface area contributed by atoms with E-state index in [4.69, 9.17) is 30.0 Å². The molecule has 0 amide bonds. The maximum atomic E-state index is 11.3. The molecule has 598 valence electrons. The molecule has 20 heteroatoms. The number of anilines is 6. The summed E-state index contributed by atoms with van der Waals surface area (Å²) in [7, 11) is 0. The van der Waals surface area contributed by atoms with Gasteiger partial charge in [-0.3, -0.25) is 9.88 Å². The number of benzene rings is 3. The van der Waals surface area contributed by atoms with Crippen molar-refractivity contribution in [3.05, 3.63) is 230 Å². The lowest BCUT2D eigenvalue weighted by Gasteiger charge is -2.30. The maximum Gasteiger partial charge on any atom is 0.338 e. The summed E-state index contributed by atoms with van der Waals surface area (Å²) in [5.41, 5.74) is 14.0. The van der Waals surface area contributed by atoms with Crippen LogP contribution < -0.4 is 19.4 Å². The van der Waals surface area contributed by atoms with E-state index in [1.54, 1.807) is 48.8 Å². The van der Waals surface area contributed by atoms with Gasteiger partial charge in [0.1, 0.15) is 29.0 Å². The number of aromatic carboxylic acids is 4. The number of carbonyl (C=O) groups is 4. The Morgan fingerprint density at radius 2 is 0.839 bits per heavy atom. The summed E-state index contributed by atoms with van der Waals surface area (Å²) < 4.78 is 6.15. The predicted molar refractivity (Wildman–Crippen MR) is 450 cm³/mol. The maximum absolute atomic E-state index is 11.3. The zero-order chi connectivity index (χ0) is 83.6. The van der Waals surface area contributed by atoms with Crippen molar-refractivity contribution in [3.63, 3.8) is 0 Å². The van der Waals surface area contributed by atoms with E-state index in [2.05, 4.69) is 274 Å². The van der Waals surface area contributed by atoms with Gasteiger partial charge in [-0.1, -0.05) is 184 Å². The summed E-state index contributed by atoms with van der Waals surface area (Å²) in [6, 6.07) is 33.9. The molecule has 1 saturated carbocycles. The number of pyridine rings is 4. The summed E-state index contributed by atoms with van der Waals surface area (Å²) in [4.78, 5) is 86.7. The Hall–Kier alpha value is -10.5. The van der Waals surface area contributed by atoms with E-state index in [1.165, 1.54) is 69.9 Å². The second kappa shape index (κ2) is 35.9. The zero-order valence-electron chi connectivity index (χ0n) is 71.1. The molecule has 9 aromatic rings. The molecule has 6 aromatic heterocycles. The van der Waals surface area contributed by atoms with Crippen LogP contribution in [0, 0.1) is 18.8 Å². The molecule has 3 aromatic carbocycles. The highest BCUT2D eigenvalue weighted by atomic mass is 16.5. The van der Waals surface area contributed by atoms with Crippen molar-refractivity contribution >= 4 is 58.7 Å². The smallest absolute Gasteiger partial charge is 0.338 e. The van der Waals surface area contributed by atoms with Gasteiger partial charge >= 0.3 is 23.9 Å². The van der Waals surface area contributed by atoms with E-state index >= 15 is 0 Å². The second-order valence-corrected chi connectivity index (χ2v) is 36.5. The molecule has 0 aliphatic heterocycles. The second-order valence-electron chi connectivity index (χ2n) is 36.5. The lowest BCUT2D eigenvalue weighted by molar-refractivity contribution is 0.0685. The number of carboxylic acid groups (broad SMARTS) is 4. The summed E-state index contributed by atoms with van der Waals surface area (Å²) in [6.45, 7) is 59.2. The fourth-order valence-electron chi connectivity index (χ4n) is 12.2. The van der Waals surface area contributed by atoms with Gasteiger partial charge in [0.2, 0.25) is 5.95 Å². The van der Waals surface area contributed by atoms with E-state index in [9.17, 15) is 24.3 Å². The van der Waals surface area contributed by atoms with Crippen LogP contribution in [0.15, 0.2) is 147 Å². The van der Waals surface area contributed by atoms with Gasteiger partial charge < -0.3 is 35.0 Å². The van der Waals surface area contributed by atoms with E-state index in [1.807, 2.05) is 17.0 Å². The van der Waals surface area contributed by atoms with Crippen LogP contribution in [0.1, 0.15) is 295 Å². The van der Waals surface area contributed by atoms with E-state index in [0.717, 1.165) is 59.3 Å². The molecule has 112 heavy (non-hydrogen) atoms. The van der Waals surface area contributed by atoms with Crippen molar-refractivity contribution in [1.82, 2.24) is 39.9 Å². The van der Waals surface area contributed by atoms with Gasteiger partial charge in [0.15, 0.2) is 0 Å². The van der Waals surface area contributed by atoms with Crippen LogP contribution in [0.3, 0.4) is 0 Å². The molecule has 0 radical (unpaired) electrons. The number of aryl methyl sites for hydroxylation is 1. The third kappa shape index (κ3) is 23.8. The average molecular weight is 1530 g/mol. The number of carboxylic acids is 4. The largest absolute Gasteiger partial charge is 0.493 e. The highest BCUT2D eigenvalue weighted by molar-refractivity contribution is 5.89. The lowest BCUT2D eigenvalue weighted by Crippen LogP contribution is -2.29. The van der Waals surface area contributed by atoms with Crippen molar-refractivity contribution in [2.75, 3.05) is 34.4 Å². The Kier molecular flexibility index (Phi) is 28.4. The molecular formula is C92H121N11O9. The summed E-state index contributed by atoms with van der Waals surface area (Å²) >= 11 is 0. The monoisotopic (exact) mass is 1520 g/mol. The van der Waals surface area contributed by atoms with E-state index < -0.39 is 23.9 Å². The molecule has 0 atom stereocenters. The molecule has 0 bridgehead atoms. The van der Waals surface area contributed by atoms with Gasteiger partial charge in [-0.2, -0.15) is 0 Å². The Morgan fingerprint density at radius 1 is 0.455 bits per heavy atom. The molecule has 20 nitrogen and oxygen atoms in total. The molecule has 10 rings (SSSR count). The van der Waals surface area contributed by atoms with Gasteiger partial charge in [-0.05, 0) is 196 Å². The molecule has 1 aliphatic rings. The highest BCUT2D eigenvalue weighted by Crippen LogP contribution is 2.54. The first kappa shape index (κ1) is 88.7. The normalized spacial score (nSPS) is 12.9. The van der Waals surface area contributed by atoms with Crippen LogP contribution >= 0.6 is 0 Å². The number of nitrogens with zero attached hydrogens (tertiary/aromatic N) is 11. The molecule has 1 fully saturated rings. The van der Waals surface area contributed by atoms with Gasteiger partial charge in [-0.25, -0.2) is 54.1 Å². The number of hydrogen-bond donors (Lipinski definition) is 4. The summed E-state index contributed by atoms with van der Waals surface area (Å²) in [6.07, 6.45) is 12.5. The van der Waals surface area contributed by atoms with Crippen molar-refractivity contribution in [1.29, 1.82) is 0 Å². The fourth-order valence-corrected chi connectivity index (χ4v) is 12.2. The van der Waals surface area contributed by atoms with Crippen molar-refractivity contribution in [2.45, 2.75) is 243 Å². The molecule has 0 saturated heterocycles. The van der Waals surface area contributed by atoms with Crippen molar-refractivity contribution < 1.29 is 44.3 Å². The third-order valence-corrected chi connectivity index (χ3v) is 19.3.